The van der Waals surface area contributed by atoms with E-state index in [2.05, 4.69) is 5.32 Å². The average molecular weight is 418 g/mol. The molecule has 2 heterocycles. The van der Waals surface area contributed by atoms with E-state index in [0.29, 0.717) is 5.02 Å². The van der Waals surface area contributed by atoms with E-state index in [1.807, 2.05) is 60.8 Å². The van der Waals surface area contributed by atoms with Crippen molar-refractivity contribution in [2.45, 2.75) is 13.8 Å². The number of fused-ring (bicyclic) bond motifs is 1. The summed E-state index contributed by atoms with van der Waals surface area (Å²) < 4.78 is 1.95. The molecular formula is C24H20ClN3O2. The molecule has 0 aliphatic carbocycles. The van der Waals surface area contributed by atoms with Gasteiger partial charge in [-0.1, -0.05) is 41.4 Å². The van der Waals surface area contributed by atoms with E-state index in [1.54, 1.807) is 12.1 Å². The van der Waals surface area contributed by atoms with Gasteiger partial charge in [0.15, 0.2) is 0 Å². The molecule has 2 aromatic heterocycles. The number of hydrogen-bond donors (Lipinski definition) is 2. The van der Waals surface area contributed by atoms with Crippen molar-refractivity contribution in [1.82, 2.24) is 9.38 Å². The number of phenolic OH excluding ortho intramolecular Hbond substituents is 1. The number of amides is 1. The average Bonchev–Trinajstić information content (AvgIpc) is 3.07. The number of carbonyl (C=O) groups excluding carboxylic acids is 1. The van der Waals surface area contributed by atoms with Crippen molar-refractivity contribution in [3.63, 3.8) is 0 Å². The fourth-order valence-electron chi connectivity index (χ4n) is 3.19. The van der Waals surface area contributed by atoms with Crippen molar-refractivity contribution in [3.05, 3.63) is 88.7 Å². The van der Waals surface area contributed by atoms with Crippen LogP contribution in [0, 0.1) is 13.8 Å². The molecule has 150 valence electrons. The van der Waals surface area contributed by atoms with E-state index in [9.17, 15) is 9.90 Å². The van der Waals surface area contributed by atoms with Crippen molar-refractivity contribution in [2.24, 2.45) is 0 Å². The Morgan fingerprint density at radius 3 is 2.60 bits per heavy atom. The van der Waals surface area contributed by atoms with Crippen molar-refractivity contribution < 1.29 is 9.90 Å². The Hall–Kier alpha value is -3.57. The predicted molar refractivity (Wildman–Crippen MR) is 121 cm³/mol. The van der Waals surface area contributed by atoms with Crippen molar-refractivity contribution in [2.75, 3.05) is 5.32 Å². The SMILES string of the molecule is Cc1ccc(-c2nc3cc(C)ccn3c2/C=C/C(=O)Nc2cc(Cl)ccc2O)cc1. The number of nitrogens with one attached hydrogen (secondary N) is 1. The zero-order chi connectivity index (χ0) is 21.3. The molecule has 5 nitrogen and oxygen atoms in total. The molecule has 0 atom stereocenters. The summed E-state index contributed by atoms with van der Waals surface area (Å²) in [6, 6.07) is 16.6. The van der Waals surface area contributed by atoms with Gasteiger partial charge in [0.1, 0.15) is 11.4 Å². The van der Waals surface area contributed by atoms with Gasteiger partial charge in [-0.2, -0.15) is 0 Å². The minimum atomic E-state index is -0.385. The van der Waals surface area contributed by atoms with Crippen LogP contribution >= 0.6 is 11.6 Å². The van der Waals surface area contributed by atoms with E-state index < -0.39 is 0 Å². The Labute approximate surface area is 179 Å². The van der Waals surface area contributed by atoms with Gasteiger partial charge in [-0.05, 0) is 55.8 Å². The molecule has 0 saturated carbocycles. The zero-order valence-corrected chi connectivity index (χ0v) is 17.3. The molecule has 6 heteroatoms. The number of benzene rings is 2. The molecule has 30 heavy (non-hydrogen) atoms. The van der Waals surface area contributed by atoms with Crippen LogP contribution in [0.15, 0.2) is 66.9 Å². The predicted octanol–water partition coefficient (Wildman–Crippen LogP) is 5.63. The summed E-state index contributed by atoms with van der Waals surface area (Å²) in [6.07, 6.45) is 5.08. The van der Waals surface area contributed by atoms with Gasteiger partial charge in [-0.3, -0.25) is 9.20 Å². The van der Waals surface area contributed by atoms with Crippen LogP contribution in [0.3, 0.4) is 0 Å². The van der Waals surface area contributed by atoms with Crippen LogP contribution in [0.25, 0.3) is 23.0 Å². The summed E-state index contributed by atoms with van der Waals surface area (Å²) in [6.45, 7) is 4.05. The highest BCUT2D eigenvalue weighted by molar-refractivity contribution is 6.31. The quantitative estimate of drug-likeness (QED) is 0.334. The minimum Gasteiger partial charge on any atom is -0.506 e. The van der Waals surface area contributed by atoms with Crippen LogP contribution in [0.1, 0.15) is 16.8 Å². The van der Waals surface area contributed by atoms with E-state index in [1.165, 1.54) is 18.2 Å². The Balaban J connectivity index is 1.71. The second-order valence-electron chi connectivity index (χ2n) is 7.13. The van der Waals surface area contributed by atoms with Crippen LogP contribution in [0.5, 0.6) is 5.75 Å². The maximum atomic E-state index is 12.5. The summed E-state index contributed by atoms with van der Waals surface area (Å²) in [5, 5.41) is 13.0. The Bertz CT molecular complexity index is 1270. The topological polar surface area (TPSA) is 66.6 Å². The molecule has 2 N–H and O–H groups in total. The van der Waals surface area contributed by atoms with Gasteiger partial charge < -0.3 is 10.4 Å². The Morgan fingerprint density at radius 2 is 1.83 bits per heavy atom. The number of aromatic nitrogens is 2. The second kappa shape index (κ2) is 8.05. The van der Waals surface area contributed by atoms with Crippen molar-refractivity contribution in [1.29, 1.82) is 0 Å². The summed E-state index contributed by atoms with van der Waals surface area (Å²) in [5.74, 6) is -0.434. The number of imidazole rings is 1. The number of halogens is 1. The standard InChI is InChI=1S/C24H20ClN3O2/c1-15-3-5-17(6-4-15)24-20(28-12-11-16(2)13-22(28)27-24)8-10-23(30)26-19-14-18(25)7-9-21(19)29/h3-14,29H,1-2H3,(H,26,30)/b10-8+. The summed E-state index contributed by atoms with van der Waals surface area (Å²) in [5.41, 5.74) is 5.87. The first kappa shape index (κ1) is 19.7. The summed E-state index contributed by atoms with van der Waals surface area (Å²) >= 11 is 5.94. The lowest BCUT2D eigenvalue weighted by atomic mass is 10.1. The van der Waals surface area contributed by atoms with Crippen LogP contribution in [0.4, 0.5) is 5.69 Å². The number of carbonyl (C=O) groups is 1. The molecule has 0 aliphatic rings. The molecule has 0 bridgehead atoms. The summed E-state index contributed by atoms with van der Waals surface area (Å²) in [4.78, 5) is 17.3. The fraction of sp³-hybridized carbons (Fsp3) is 0.0833. The fourth-order valence-corrected chi connectivity index (χ4v) is 3.36. The number of anilines is 1. The highest BCUT2D eigenvalue weighted by Gasteiger charge is 2.13. The molecule has 0 radical (unpaired) electrons. The molecule has 0 spiro atoms. The maximum absolute atomic E-state index is 12.5. The number of phenols is 1. The number of rotatable bonds is 4. The van der Waals surface area contributed by atoms with E-state index in [-0.39, 0.29) is 17.3 Å². The first-order valence-corrected chi connectivity index (χ1v) is 9.82. The number of hydrogen-bond acceptors (Lipinski definition) is 3. The number of pyridine rings is 1. The minimum absolute atomic E-state index is 0.0493. The van der Waals surface area contributed by atoms with Gasteiger partial charge in [-0.25, -0.2) is 4.98 Å². The van der Waals surface area contributed by atoms with E-state index >= 15 is 0 Å². The first-order chi connectivity index (χ1) is 14.4. The van der Waals surface area contributed by atoms with Crippen LogP contribution < -0.4 is 5.32 Å². The van der Waals surface area contributed by atoms with Crippen LogP contribution in [-0.4, -0.2) is 20.4 Å². The van der Waals surface area contributed by atoms with Gasteiger partial charge in [0, 0.05) is 22.9 Å². The van der Waals surface area contributed by atoms with Crippen molar-refractivity contribution in [3.8, 4) is 17.0 Å². The molecule has 0 aliphatic heterocycles. The lowest BCUT2D eigenvalue weighted by Gasteiger charge is -2.06. The van der Waals surface area contributed by atoms with Crippen LogP contribution in [0.2, 0.25) is 5.02 Å². The van der Waals surface area contributed by atoms with E-state index in [0.717, 1.165) is 33.7 Å². The smallest absolute Gasteiger partial charge is 0.248 e. The largest absolute Gasteiger partial charge is 0.506 e. The molecule has 0 fully saturated rings. The Kier molecular flexibility index (Phi) is 5.29. The normalized spacial score (nSPS) is 11.3. The molecule has 0 saturated heterocycles. The van der Waals surface area contributed by atoms with E-state index in [4.69, 9.17) is 16.6 Å². The van der Waals surface area contributed by atoms with Gasteiger partial charge >= 0.3 is 0 Å². The molecule has 4 aromatic rings. The van der Waals surface area contributed by atoms with Crippen molar-refractivity contribution >= 4 is 34.9 Å². The van der Waals surface area contributed by atoms with Gasteiger partial charge in [-0.15, -0.1) is 0 Å². The number of nitrogens with zero attached hydrogens (tertiary/aromatic N) is 2. The number of aryl methyl sites for hydroxylation is 2. The molecule has 0 unspecified atom stereocenters. The first-order valence-electron chi connectivity index (χ1n) is 9.44. The Morgan fingerprint density at radius 1 is 1.07 bits per heavy atom. The lowest BCUT2D eigenvalue weighted by Crippen LogP contribution is -2.08. The second-order valence-corrected chi connectivity index (χ2v) is 7.56. The van der Waals surface area contributed by atoms with Gasteiger partial charge in [0.2, 0.25) is 5.91 Å². The summed E-state index contributed by atoms with van der Waals surface area (Å²) in [7, 11) is 0. The molecule has 1 amide bonds. The highest BCUT2D eigenvalue weighted by Crippen LogP contribution is 2.28. The number of aromatic hydroxyl groups is 1. The van der Waals surface area contributed by atoms with Crippen LogP contribution in [-0.2, 0) is 4.79 Å². The highest BCUT2D eigenvalue weighted by atomic mass is 35.5. The molecular weight excluding hydrogens is 398 g/mol. The zero-order valence-electron chi connectivity index (χ0n) is 16.6. The van der Waals surface area contributed by atoms with Gasteiger partial charge in [0.05, 0.1) is 17.1 Å². The molecule has 4 rings (SSSR count). The third kappa shape index (κ3) is 4.07. The third-order valence-electron chi connectivity index (χ3n) is 4.75. The lowest BCUT2D eigenvalue weighted by molar-refractivity contribution is -0.111. The molecule has 2 aromatic carbocycles. The third-order valence-corrected chi connectivity index (χ3v) is 4.99. The monoisotopic (exact) mass is 417 g/mol. The van der Waals surface area contributed by atoms with Gasteiger partial charge in [0.25, 0.3) is 0 Å². The maximum Gasteiger partial charge on any atom is 0.248 e.